The quantitative estimate of drug-likeness (QED) is 0.879. The van der Waals surface area contributed by atoms with Crippen molar-refractivity contribution >= 4 is 22.9 Å². The number of hydrogen-bond donors (Lipinski definition) is 1. The largest absolute Gasteiger partial charge is 0.396 e. The second kappa shape index (κ2) is 5.48. The van der Waals surface area contributed by atoms with E-state index in [1.165, 1.54) is 5.56 Å². The summed E-state index contributed by atoms with van der Waals surface area (Å²) >= 11 is 7.63. The molecule has 1 unspecified atom stereocenters. The Morgan fingerprint density at radius 2 is 2.19 bits per heavy atom. The van der Waals surface area contributed by atoms with Gasteiger partial charge in [0, 0.05) is 10.9 Å². The van der Waals surface area contributed by atoms with E-state index < -0.39 is 0 Å². The van der Waals surface area contributed by atoms with Crippen LogP contribution < -0.4 is 0 Å². The molecule has 0 spiro atoms. The fourth-order valence-electron chi connectivity index (χ4n) is 1.74. The average molecular weight is 253 g/mol. The number of aliphatic hydroxyl groups is 1. The molecule has 1 N–H and O–H groups in total. The Labute approximate surface area is 104 Å². The van der Waals surface area contributed by atoms with Gasteiger partial charge >= 0.3 is 0 Å². The molecule has 1 atom stereocenters. The van der Waals surface area contributed by atoms with Gasteiger partial charge in [-0.15, -0.1) is 0 Å². The first-order valence-corrected chi connectivity index (χ1v) is 6.49. The second-order valence-corrected chi connectivity index (χ2v) is 4.99. The van der Waals surface area contributed by atoms with E-state index in [0.29, 0.717) is 0 Å². The van der Waals surface area contributed by atoms with Gasteiger partial charge in [-0.25, -0.2) is 0 Å². The summed E-state index contributed by atoms with van der Waals surface area (Å²) < 4.78 is 0. The van der Waals surface area contributed by atoms with E-state index in [4.69, 9.17) is 11.6 Å². The maximum atomic E-state index is 9.43. The van der Waals surface area contributed by atoms with Gasteiger partial charge in [0.05, 0.1) is 6.61 Å². The summed E-state index contributed by atoms with van der Waals surface area (Å²) in [5.41, 5.74) is 2.37. The second-order valence-electron chi connectivity index (χ2n) is 3.77. The molecule has 0 saturated heterocycles. The molecule has 0 saturated carbocycles. The van der Waals surface area contributed by atoms with E-state index in [0.717, 1.165) is 17.0 Å². The molecule has 1 aromatic heterocycles. The summed E-state index contributed by atoms with van der Waals surface area (Å²) in [5, 5.41) is 14.3. The molecule has 0 fully saturated rings. The highest BCUT2D eigenvalue weighted by Crippen LogP contribution is 2.24. The van der Waals surface area contributed by atoms with Crippen molar-refractivity contribution in [1.82, 2.24) is 0 Å². The van der Waals surface area contributed by atoms with Gasteiger partial charge in [0.2, 0.25) is 0 Å². The maximum absolute atomic E-state index is 9.43. The van der Waals surface area contributed by atoms with Crippen molar-refractivity contribution in [2.45, 2.75) is 12.3 Å². The summed E-state index contributed by atoms with van der Waals surface area (Å²) in [4.78, 5) is 0. The van der Waals surface area contributed by atoms with Gasteiger partial charge in [0.1, 0.15) is 0 Å². The zero-order valence-electron chi connectivity index (χ0n) is 8.77. The smallest absolute Gasteiger partial charge is 0.0502 e. The standard InChI is InChI=1S/C13H13ClOS/c14-13-3-1-2-11(7-13)12(8-15)6-10-4-5-16-9-10/h1-5,7,9,12,15H,6,8H2. The monoisotopic (exact) mass is 252 g/mol. The first-order chi connectivity index (χ1) is 7.79. The lowest BCUT2D eigenvalue weighted by atomic mass is 9.94. The van der Waals surface area contributed by atoms with Crippen molar-refractivity contribution in [3.05, 3.63) is 57.2 Å². The van der Waals surface area contributed by atoms with Crippen LogP contribution in [0.1, 0.15) is 17.0 Å². The highest BCUT2D eigenvalue weighted by molar-refractivity contribution is 7.07. The minimum Gasteiger partial charge on any atom is -0.396 e. The topological polar surface area (TPSA) is 20.2 Å². The third kappa shape index (κ3) is 2.85. The van der Waals surface area contributed by atoms with Crippen molar-refractivity contribution in [3.63, 3.8) is 0 Å². The molecule has 0 aliphatic carbocycles. The third-order valence-corrected chi connectivity index (χ3v) is 3.57. The fourth-order valence-corrected chi connectivity index (χ4v) is 2.62. The third-order valence-electron chi connectivity index (χ3n) is 2.60. The molecule has 0 amide bonds. The molecule has 84 valence electrons. The van der Waals surface area contributed by atoms with Gasteiger partial charge in [-0.3, -0.25) is 0 Å². The van der Waals surface area contributed by atoms with E-state index in [2.05, 4.69) is 16.8 Å². The molecular formula is C13H13ClOS. The van der Waals surface area contributed by atoms with Crippen molar-refractivity contribution in [2.75, 3.05) is 6.61 Å². The number of aliphatic hydroxyl groups excluding tert-OH is 1. The first-order valence-electron chi connectivity index (χ1n) is 5.17. The van der Waals surface area contributed by atoms with Crippen molar-refractivity contribution in [3.8, 4) is 0 Å². The molecular weight excluding hydrogens is 240 g/mol. The number of benzene rings is 1. The van der Waals surface area contributed by atoms with E-state index in [1.54, 1.807) is 11.3 Å². The zero-order chi connectivity index (χ0) is 11.4. The Morgan fingerprint density at radius 1 is 1.31 bits per heavy atom. The summed E-state index contributed by atoms with van der Waals surface area (Å²) in [6.45, 7) is 0.149. The van der Waals surface area contributed by atoms with Crippen LogP contribution in [0.15, 0.2) is 41.1 Å². The molecule has 3 heteroatoms. The SMILES string of the molecule is OCC(Cc1ccsc1)c1cccc(Cl)c1. The van der Waals surface area contributed by atoms with Crippen LogP contribution in [0.25, 0.3) is 0 Å². The van der Waals surface area contributed by atoms with Crippen LogP contribution in [0.3, 0.4) is 0 Å². The van der Waals surface area contributed by atoms with E-state index in [1.807, 2.05) is 24.3 Å². The van der Waals surface area contributed by atoms with E-state index in [9.17, 15) is 5.11 Å². The molecule has 0 radical (unpaired) electrons. The highest BCUT2D eigenvalue weighted by atomic mass is 35.5. The van der Waals surface area contributed by atoms with E-state index in [-0.39, 0.29) is 12.5 Å². The summed E-state index contributed by atoms with van der Waals surface area (Å²) in [6.07, 6.45) is 0.861. The highest BCUT2D eigenvalue weighted by Gasteiger charge is 2.11. The number of rotatable bonds is 4. The van der Waals surface area contributed by atoms with Crippen LogP contribution in [0.5, 0.6) is 0 Å². The molecule has 0 bridgehead atoms. The fraction of sp³-hybridized carbons (Fsp3) is 0.231. The van der Waals surface area contributed by atoms with Gasteiger partial charge in [-0.1, -0.05) is 23.7 Å². The van der Waals surface area contributed by atoms with E-state index >= 15 is 0 Å². The van der Waals surface area contributed by atoms with Gasteiger partial charge in [-0.05, 0) is 46.5 Å². The number of thiophene rings is 1. The Morgan fingerprint density at radius 3 is 2.81 bits per heavy atom. The predicted molar refractivity (Wildman–Crippen MR) is 69.3 cm³/mol. The van der Waals surface area contributed by atoms with Crippen LogP contribution >= 0.6 is 22.9 Å². The minimum atomic E-state index is 0.133. The lowest BCUT2D eigenvalue weighted by molar-refractivity contribution is 0.264. The predicted octanol–water partition coefficient (Wildman–Crippen LogP) is 3.72. The average Bonchev–Trinajstić information content (AvgIpc) is 2.78. The van der Waals surface area contributed by atoms with Crippen molar-refractivity contribution in [2.24, 2.45) is 0 Å². The van der Waals surface area contributed by atoms with Crippen LogP contribution in [0.2, 0.25) is 5.02 Å². The molecule has 1 nitrogen and oxygen atoms in total. The Bertz CT molecular complexity index is 439. The molecule has 16 heavy (non-hydrogen) atoms. The number of halogens is 1. The molecule has 1 heterocycles. The van der Waals surface area contributed by atoms with Gasteiger partial charge in [0.25, 0.3) is 0 Å². The minimum absolute atomic E-state index is 0.133. The van der Waals surface area contributed by atoms with Crippen LogP contribution in [-0.4, -0.2) is 11.7 Å². The molecule has 1 aromatic carbocycles. The normalized spacial score (nSPS) is 12.6. The lowest BCUT2D eigenvalue weighted by Gasteiger charge is -2.14. The van der Waals surface area contributed by atoms with Gasteiger partial charge in [0.15, 0.2) is 0 Å². The Hall–Kier alpha value is -0.830. The Balaban J connectivity index is 2.16. The van der Waals surface area contributed by atoms with Crippen LogP contribution in [0, 0.1) is 0 Å². The number of hydrogen-bond acceptors (Lipinski definition) is 2. The van der Waals surface area contributed by atoms with Crippen molar-refractivity contribution < 1.29 is 5.11 Å². The molecule has 0 aliphatic rings. The maximum Gasteiger partial charge on any atom is 0.0502 e. The molecule has 2 rings (SSSR count). The summed E-state index contributed by atoms with van der Waals surface area (Å²) in [5.74, 6) is 0.133. The van der Waals surface area contributed by atoms with Gasteiger partial charge < -0.3 is 5.11 Å². The van der Waals surface area contributed by atoms with Crippen LogP contribution in [0.4, 0.5) is 0 Å². The van der Waals surface area contributed by atoms with Gasteiger partial charge in [-0.2, -0.15) is 11.3 Å². The summed E-state index contributed by atoms with van der Waals surface area (Å²) in [6, 6.07) is 9.81. The first kappa shape index (κ1) is 11.6. The zero-order valence-corrected chi connectivity index (χ0v) is 10.3. The molecule has 2 aromatic rings. The lowest BCUT2D eigenvalue weighted by Crippen LogP contribution is -2.07. The summed E-state index contributed by atoms with van der Waals surface area (Å²) in [7, 11) is 0. The molecule has 0 aliphatic heterocycles. The van der Waals surface area contributed by atoms with Crippen LogP contribution in [-0.2, 0) is 6.42 Å². The Kier molecular flexibility index (Phi) is 3.99. The van der Waals surface area contributed by atoms with Crippen molar-refractivity contribution in [1.29, 1.82) is 0 Å².